The maximum absolute atomic E-state index is 12.8. The summed E-state index contributed by atoms with van der Waals surface area (Å²) in [7, 11) is 0. The Bertz CT molecular complexity index is 560. The zero-order chi connectivity index (χ0) is 13.3. The molecule has 2 aromatic heterocycles. The molecule has 1 atom stereocenters. The van der Waals surface area contributed by atoms with Gasteiger partial charge < -0.3 is 9.84 Å². The molecule has 1 aliphatic heterocycles. The van der Waals surface area contributed by atoms with Crippen molar-refractivity contribution in [3.8, 4) is 11.5 Å². The maximum atomic E-state index is 12.8. The lowest BCUT2D eigenvalue weighted by molar-refractivity contribution is 0.245. The van der Waals surface area contributed by atoms with Gasteiger partial charge in [0.15, 0.2) is 0 Å². The molecule has 0 spiro atoms. The van der Waals surface area contributed by atoms with E-state index in [1.165, 1.54) is 6.07 Å². The molecular formula is C13H15FN4O. The van der Waals surface area contributed by atoms with Gasteiger partial charge in [0.1, 0.15) is 11.5 Å². The van der Waals surface area contributed by atoms with E-state index in [2.05, 4.69) is 27.4 Å². The van der Waals surface area contributed by atoms with E-state index in [0.717, 1.165) is 32.1 Å². The van der Waals surface area contributed by atoms with Gasteiger partial charge >= 0.3 is 0 Å². The Kier molecular flexibility index (Phi) is 3.02. The first-order valence-electron chi connectivity index (χ1n) is 6.34. The fraction of sp³-hybridized carbons (Fsp3) is 0.462. The first-order chi connectivity index (χ1) is 9.17. The van der Waals surface area contributed by atoms with Crippen LogP contribution in [0.3, 0.4) is 0 Å². The van der Waals surface area contributed by atoms with Crippen molar-refractivity contribution >= 4 is 0 Å². The van der Waals surface area contributed by atoms with E-state index in [-0.39, 0.29) is 11.2 Å². The van der Waals surface area contributed by atoms with E-state index in [1.807, 2.05) is 0 Å². The minimum atomic E-state index is -0.379. The molecule has 0 bridgehead atoms. The van der Waals surface area contributed by atoms with Crippen LogP contribution in [0.5, 0.6) is 0 Å². The highest BCUT2D eigenvalue weighted by Gasteiger charge is 2.34. The van der Waals surface area contributed by atoms with E-state index in [0.29, 0.717) is 17.4 Å². The highest BCUT2D eigenvalue weighted by molar-refractivity contribution is 5.47. The second kappa shape index (κ2) is 4.70. The number of halogens is 1. The molecule has 1 unspecified atom stereocenters. The summed E-state index contributed by atoms with van der Waals surface area (Å²) in [6.45, 7) is 3.95. The van der Waals surface area contributed by atoms with Gasteiger partial charge in [-0.25, -0.2) is 9.37 Å². The van der Waals surface area contributed by atoms with Gasteiger partial charge in [-0.05, 0) is 38.4 Å². The number of piperidine rings is 1. The van der Waals surface area contributed by atoms with Gasteiger partial charge in [-0.2, -0.15) is 4.98 Å². The van der Waals surface area contributed by atoms with Crippen LogP contribution < -0.4 is 5.32 Å². The summed E-state index contributed by atoms with van der Waals surface area (Å²) in [6, 6.07) is 2.88. The molecule has 5 nitrogen and oxygen atoms in total. The van der Waals surface area contributed by atoms with Gasteiger partial charge in [0.2, 0.25) is 11.7 Å². The van der Waals surface area contributed by atoms with Crippen molar-refractivity contribution in [3.63, 3.8) is 0 Å². The minimum absolute atomic E-state index is 0.135. The molecule has 0 aliphatic carbocycles. The van der Waals surface area contributed by atoms with Gasteiger partial charge in [0, 0.05) is 6.54 Å². The predicted octanol–water partition coefficient (Wildman–Crippen LogP) is 1.91. The van der Waals surface area contributed by atoms with E-state index in [9.17, 15) is 4.39 Å². The zero-order valence-electron chi connectivity index (χ0n) is 10.7. The predicted molar refractivity (Wildman–Crippen MR) is 66.9 cm³/mol. The van der Waals surface area contributed by atoms with Crippen LogP contribution in [0.15, 0.2) is 22.9 Å². The summed E-state index contributed by atoms with van der Waals surface area (Å²) >= 11 is 0. The minimum Gasteiger partial charge on any atom is -0.338 e. The summed E-state index contributed by atoms with van der Waals surface area (Å²) in [4.78, 5) is 8.36. The first kappa shape index (κ1) is 12.2. The highest BCUT2D eigenvalue weighted by Crippen LogP contribution is 2.30. The van der Waals surface area contributed by atoms with Crippen LogP contribution in [0.2, 0.25) is 0 Å². The van der Waals surface area contributed by atoms with Crippen LogP contribution in [0.25, 0.3) is 11.5 Å². The van der Waals surface area contributed by atoms with E-state index in [4.69, 9.17) is 4.52 Å². The molecular weight excluding hydrogens is 247 g/mol. The molecule has 3 heterocycles. The van der Waals surface area contributed by atoms with Gasteiger partial charge in [-0.1, -0.05) is 5.16 Å². The summed E-state index contributed by atoms with van der Waals surface area (Å²) in [5.74, 6) is 0.638. The number of hydrogen-bond donors (Lipinski definition) is 1. The number of hydrogen-bond acceptors (Lipinski definition) is 5. The lowest BCUT2D eigenvalue weighted by atomic mass is 9.83. The van der Waals surface area contributed by atoms with Gasteiger partial charge in [-0.3, -0.25) is 0 Å². The average Bonchev–Trinajstić information content (AvgIpc) is 2.91. The Balaban J connectivity index is 1.88. The Morgan fingerprint density at radius 1 is 1.42 bits per heavy atom. The van der Waals surface area contributed by atoms with E-state index < -0.39 is 0 Å². The van der Waals surface area contributed by atoms with Crippen LogP contribution in [-0.2, 0) is 5.41 Å². The quantitative estimate of drug-likeness (QED) is 0.895. The number of pyridine rings is 1. The fourth-order valence-electron chi connectivity index (χ4n) is 2.32. The molecule has 0 amide bonds. The van der Waals surface area contributed by atoms with Crippen LogP contribution >= 0.6 is 0 Å². The van der Waals surface area contributed by atoms with E-state index in [1.54, 1.807) is 6.07 Å². The molecule has 0 saturated carbocycles. The first-order valence-corrected chi connectivity index (χ1v) is 6.34. The Morgan fingerprint density at radius 2 is 2.32 bits per heavy atom. The lowest BCUT2D eigenvalue weighted by Gasteiger charge is -2.30. The van der Waals surface area contributed by atoms with Gasteiger partial charge in [0.05, 0.1) is 11.6 Å². The fourth-order valence-corrected chi connectivity index (χ4v) is 2.32. The molecule has 1 N–H and O–H groups in total. The molecule has 3 rings (SSSR count). The van der Waals surface area contributed by atoms with Crippen molar-refractivity contribution in [2.75, 3.05) is 13.1 Å². The van der Waals surface area contributed by atoms with Crippen molar-refractivity contribution in [2.24, 2.45) is 0 Å². The standard InChI is InChI=1S/C13H15FN4O/c1-13(5-2-6-15-8-13)12-17-11(18-19-12)10-4-3-9(14)7-16-10/h3-4,7,15H,2,5-6,8H2,1H3. The molecule has 0 aromatic carbocycles. The highest BCUT2D eigenvalue weighted by atomic mass is 19.1. The summed E-state index contributed by atoms with van der Waals surface area (Å²) < 4.78 is 18.2. The molecule has 2 aromatic rings. The topological polar surface area (TPSA) is 63.8 Å². The van der Waals surface area contributed by atoms with E-state index >= 15 is 0 Å². The number of aromatic nitrogens is 3. The zero-order valence-corrected chi connectivity index (χ0v) is 10.7. The van der Waals surface area contributed by atoms with Crippen LogP contribution in [0.1, 0.15) is 25.7 Å². The Labute approximate surface area is 110 Å². The third-order valence-corrected chi connectivity index (χ3v) is 3.50. The molecule has 6 heteroatoms. The Hall–Kier alpha value is -1.82. The lowest BCUT2D eigenvalue weighted by Crippen LogP contribution is -2.41. The smallest absolute Gasteiger partial charge is 0.234 e. The second-order valence-electron chi connectivity index (χ2n) is 5.13. The maximum Gasteiger partial charge on any atom is 0.234 e. The molecule has 19 heavy (non-hydrogen) atoms. The van der Waals surface area contributed by atoms with Crippen LogP contribution in [-0.4, -0.2) is 28.2 Å². The third kappa shape index (κ3) is 2.35. The van der Waals surface area contributed by atoms with Gasteiger partial charge in [0.25, 0.3) is 0 Å². The molecule has 1 fully saturated rings. The Morgan fingerprint density at radius 3 is 3.00 bits per heavy atom. The monoisotopic (exact) mass is 262 g/mol. The average molecular weight is 262 g/mol. The van der Waals surface area contributed by atoms with Crippen molar-refractivity contribution in [2.45, 2.75) is 25.2 Å². The number of nitrogens with zero attached hydrogens (tertiary/aromatic N) is 3. The number of nitrogens with one attached hydrogen (secondary N) is 1. The van der Waals surface area contributed by atoms with Gasteiger partial charge in [-0.15, -0.1) is 0 Å². The molecule has 1 saturated heterocycles. The van der Waals surface area contributed by atoms with Crippen molar-refractivity contribution < 1.29 is 8.91 Å². The van der Waals surface area contributed by atoms with Crippen molar-refractivity contribution in [3.05, 3.63) is 30.0 Å². The second-order valence-corrected chi connectivity index (χ2v) is 5.13. The summed E-state index contributed by atoms with van der Waals surface area (Å²) in [6.07, 6.45) is 3.25. The largest absolute Gasteiger partial charge is 0.338 e. The van der Waals surface area contributed by atoms with Crippen LogP contribution in [0, 0.1) is 5.82 Å². The van der Waals surface area contributed by atoms with Crippen molar-refractivity contribution in [1.29, 1.82) is 0 Å². The SMILES string of the molecule is CC1(c2nc(-c3ccc(F)cn3)no2)CCCNC1. The molecule has 0 radical (unpaired) electrons. The summed E-state index contributed by atoms with van der Waals surface area (Å²) in [5, 5.41) is 7.27. The van der Waals surface area contributed by atoms with Crippen LogP contribution in [0.4, 0.5) is 4.39 Å². The van der Waals surface area contributed by atoms with Crippen molar-refractivity contribution in [1.82, 2.24) is 20.4 Å². The summed E-state index contributed by atoms with van der Waals surface area (Å²) in [5.41, 5.74) is 0.382. The number of rotatable bonds is 2. The third-order valence-electron chi connectivity index (χ3n) is 3.50. The molecule has 100 valence electrons. The normalized spacial score (nSPS) is 23.5. The molecule has 1 aliphatic rings.